The molecule has 3 rings (SSSR count). The Bertz CT molecular complexity index is 916. The lowest BCUT2D eigenvalue weighted by Crippen LogP contribution is -2.42. The molecule has 0 spiro atoms. The monoisotopic (exact) mass is 392 g/mol. The summed E-state index contributed by atoms with van der Waals surface area (Å²) in [5, 5.41) is 2.76. The van der Waals surface area contributed by atoms with Crippen molar-refractivity contribution in [2.75, 3.05) is 25.0 Å². The first-order chi connectivity index (χ1) is 12.8. The molecule has 1 aromatic carbocycles. The Morgan fingerprint density at radius 3 is 2.74 bits per heavy atom. The number of benzene rings is 1. The van der Waals surface area contributed by atoms with Crippen molar-refractivity contribution in [2.24, 2.45) is 5.92 Å². The van der Waals surface area contributed by atoms with Crippen molar-refractivity contribution >= 4 is 33.2 Å². The zero-order valence-electron chi connectivity index (χ0n) is 15.7. The van der Waals surface area contributed by atoms with Crippen LogP contribution in [0.5, 0.6) is 0 Å². The van der Waals surface area contributed by atoms with Crippen LogP contribution in [0.15, 0.2) is 28.7 Å². The number of ether oxygens (including phenoxy) is 1. The van der Waals surface area contributed by atoms with Crippen molar-refractivity contribution < 1.29 is 22.7 Å². The summed E-state index contributed by atoms with van der Waals surface area (Å²) >= 11 is 0. The molecule has 1 N–H and O–H groups in total. The first kappa shape index (κ1) is 19.6. The fraction of sp³-hybridized carbons (Fsp3) is 0.474. The summed E-state index contributed by atoms with van der Waals surface area (Å²) in [6.45, 7) is 6.13. The van der Waals surface area contributed by atoms with Crippen molar-refractivity contribution in [2.45, 2.75) is 38.5 Å². The van der Waals surface area contributed by atoms with Gasteiger partial charge >= 0.3 is 5.97 Å². The summed E-state index contributed by atoms with van der Waals surface area (Å²) in [6, 6.07) is 4.65. The zero-order valence-corrected chi connectivity index (χ0v) is 16.6. The summed E-state index contributed by atoms with van der Waals surface area (Å²) in [7, 11) is -3.77. The highest BCUT2D eigenvalue weighted by atomic mass is 32.2. The molecule has 0 saturated carbocycles. The summed E-state index contributed by atoms with van der Waals surface area (Å²) in [6.07, 6.45) is 1.22. The summed E-state index contributed by atoms with van der Waals surface area (Å²) in [5.74, 6) is -1.02. The van der Waals surface area contributed by atoms with E-state index in [1.165, 1.54) is 10.4 Å². The van der Waals surface area contributed by atoms with E-state index in [4.69, 9.17) is 4.74 Å². The Hall–Kier alpha value is -2.19. The van der Waals surface area contributed by atoms with Crippen LogP contribution in [-0.4, -0.2) is 44.3 Å². The van der Waals surface area contributed by atoms with E-state index < -0.39 is 15.9 Å². The number of nitrogens with one attached hydrogen (secondary N) is 1. The fourth-order valence-electron chi connectivity index (χ4n) is 3.57. The summed E-state index contributed by atoms with van der Waals surface area (Å²) in [4.78, 5) is 24.3. The number of esters is 1. The second-order valence-corrected chi connectivity index (χ2v) is 8.93. The molecule has 1 saturated heterocycles. The molecule has 0 bridgehead atoms. The third kappa shape index (κ3) is 3.64. The minimum absolute atomic E-state index is 0.116. The summed E-state index contributed by atoms with van der Waals surface area (Å²) < 4.78 is 32.6. The number of rotatable bonds is 4. The first-order valence-corrected chi connectivity index (χ1v) is 10.5. The number of carbonyl (C=O) groups is 2. The minimum Gasteiger partial charge on any atom is -0.466 e. The molecule has 0 radical (unpaired) electrons. The van der Waals surface area contributed by atoms with Crippen LogP contribution in [0.3, 0.4) is 0 Å². The van der Waals surface area contributed by atoms with E-state index in [1.807, 2.05) is 13.8 Å². The van der Waals surface area contributed by atoms with E-state index in [9.17, 15) is 18.0 Å². The lowest BCUT2D eigenvalue weighted by Gasteiger charge is -2.30. The van der Waals surface area contributed by atoms with Gasteiger partial charge in [0.05, 0.1) is 17.4 Å². The average Bonchev–Trinajstić information content (AvgIpc) is 2.97. The molecular formula is C19H24N2O5S. The molecule has 0 aromatic heterocycles. The molecule has 146 valence electrons. The zero-order chi connectivity index (χ0) is 19.8. The van der Waals surface area contributed by atoms with E-state index in [-0.39, 0.29) is 29.9 Å². The highest BCUT2D eigenvalue weighted by Crippen LogP contribution is 2.36. The van der Waals surface area contributed by atoms with E-state index in [1.54, 1.807) is 19.1 Å². The van der Waals surface area contributed by atoms with Gasteiger partial charge in [0.2, 0.25) is 10.0 Å². The van der Waals surface area contributed by atoms with Crippen molar-refractivity contribution in [3.05, 3.63) is 29.3 Å². The largest absolute Gasteiger partial charge is 0.466 e. The molecule has 8 heteroatoms. The standard InChI is InChI=1S/C19H24N2O5S/c1-4-26-19(23)13-6-5-9-21(11-13)27(24,25)14-7-8-16-15(10-14)17(12(2)3)18(22)20-16/h7-8,10,13H,4-6,9,11H2,1-3H3,(H,20,22)/t13-/m1/s1. The van der Waals surface area contributed by atoms with Gasteiger partial charge in [-0.15, -0.1) is 0 Å². The van der Waals surface area contributed by atoms with Crippen LogP contribution in [0, 0.1) is 5.92 Å². The van der Waals surface area contributed by atoms with Crippen LogP contribution in [0.4, 0.5) is 5.69 Å². The van der Waals surface area contributed by atoms with Crippen molar-refractivity contribution in [3.63, 3.8) is 0 Å². The molecule has 7 nitrogen and oxygen atoms in total. The Morgan fingerprint density at radius 2 is 2.07 bits per heavy atom. The Morgan fingerprint density at radius 1 is 1.33 bits per heavy atom. The molecular weight excluding hydrogens is 368 g/mol. The number of hydrogen-bond acceptors (Lipinski definition) is 5. The molecule has 1 amide bonds. The fourth-order valence-corrected chi connectivity index (χ4v) is 5.12. The van der Waals surface area contributed by atoms with Gasteiger partial charge in [0.25, 0.3) is 5.91 Å². The number of hydrogen-bond donors (Lipinski definition) is 1. The molecule has 1 fully saturated rings. The van der Waals surface area contributed by atoms with Gasteiger partial charge in [0.1, 0.15) is 0 Å². The number of anilines is 1. The number of nitrogens with zero attached hydrogens (tertiary/aromatic N) is 1. The molecule has 2 heterocycles. The van der Waals surface area contributed by atoms with Gasteiger partial charge in [-0.1, -0.05) is 5.57 Å². The lowest BCUT2D eigenvalue weighted by molar-refractivity contribution is -0.149. The van der Waals surface area contributed by atoms with Gasteiger partial charge in [-0.25, -0.2) is 8.42 Å². The SMILES string of the molecule is CCOC(=O)[C@@H]1CCCN(S(=O)(=O)c2ccc3c(c2)C(=C(C)C)C(=O)N3)C1. The van der Waals surface area contributed by atoms with E-state index in [2.05, 4.69) is 5.32 Å². The molecule has 2 aliphatic heterocycles. The van der Waals surface area contributed by atoms with Crippen LogP contribution in [0.25, 0.3) is 5.57 Å². The smallest absolute Gasteiger partial charge is 0.310 e. The first-order valence-electron chi connectivity index (χ1n) is 9.05. The minimum atomic E-state index is -3.77. The molecule has 0 aliphatic carbocycles. The van der Waals surface area contributed by atoms with Crippen molar-refractivity contribution in [1.82, 2.24) is 4.31 Å². The highest BCUT2D eigenvalue weighted by Gasteiger charge is 2.35. The number of fused-ring (bicyclic) bond motifs is 1. The van der Waals surface area contributed by atoms with Gasteiger partial charge in [0.15, 0.2) is 0 Å². The second-order valence-electron chi connectivity index (χ2n) is 6.99. The topological polar surface area (TPSA) is 92.8 Å². The van der Waals surface area contributed by atoms with Crippen molar-refractivity contribution in [1.29, 1.82) is 0 Å². The van der Waals surface area contributed by atoms with E-state index in [0.717, 1.165) is 5.57 Å². The molecule has 27 heavy (non-hydrogen) atoms. The Kier molecular flexibility index (Phi) is 5.39. The maximum absolute atomic E-state index is 13.1. The number of carbonyl (C=O) groups excluding carboxylic acids is 2. The van der Waals surface area contributed by atoms with Crippen LogP contribution in [0.1, 0.15) is 39.2 Å². The molecule has 1 atom stereocenters. The van der Waals surface area contributed by atoms with E-state index >= 15 is 0 Å². The van der Waals surface area contributed by atoms with E-state index in [0.29, 0.717) is 36.2 Å². The highest BCUT2D eigenvalue weighted by molar-refractivity contribution is 7.89. The summed E-state index contributed by atoms with van der Waals surface area (Å²) in [5.41, 5.74) is 2.53. The third-order valence-corrected chi connectivity index (χ3v) is 6.74. The second kappa shape index (κ2) is 7.44. The average molecular weight is 392 g/mol. The predicted octanol–water partition coefficient (Wildman–Crippen LogP) is 2.40. The van der Waals surface area contributed by atoms with Gasteiger partial charge in [-0.2, -0.15) is 4.31 Å². The molecule has 0 unspecified atom stereocenters. The lowest BCUT2D eigenvalue weighted by atomic mass is 10.0. The van der Waals surface area contributed by atoms with Crippen LogP contribution in [0.2, 0.25) is 0 Å². The third-order valence-electron chi connectivity index (χ3n) is 4.88. The van der Waals surface area contributed by atoms with Gasteiger partial charge < -0.3 is 10.1 Å². The van der Waals surface area contributed by atoms with Crippen LogP contribution < -0.4 is 5.32 Å². The molecule has 1 aromatic rings. The number of allylic oxidation sites excluding steroid dienone is 1. The maximum Gasteiger partial charge on any atom is 0.310 e. The normalized spacial score (nSPS) is 20.2. The predicted molar refractivity (Wildman–Crippen MR) is 101 cm³/mol. The number of sulfonamides is 1. The Balaban J connectivity index is 1.91. The van der Waals surface area contributed by atoms with Crippen LogP contribution >= 0.6 is 0 Å². The van der Waals surface area contributed by atoms with Gasteiger partial charge in [0, 0.05) is 29.9 Å². The van der Waals surface area contributed by atoms with Gasteiger partial charge in [-0.05, 0) is 51.8 Å². The van der Waals surface area contributed by atoms with Gasteiger partial charge in [-0.3, -0.25) is 9.59 Å². The van der Waals surface area contributed by atoms with Crippen molar-refractivity contribution in [3.8, 4) is 0 Å². The molecule has 2 aliphatic rings. The van der Waals surface area contributed by atoms with Crippen LogP contribution in [-0.2, 0) is 24.3 Å². The number of piperidine rings is 1. The maximum atomic E-state index is 13.1. The number of amides is 1. The quantitative estimate of drug-likeness (QED) is 0.627. The Labute approximate surface area is 159 Å².